The first-order valence-electron chi connectivity index (χ1n) is 8.99. The summed E-state index contributed by atoms with van der Waals surface area (Å²) in [5.41, 5.74) is 2.70. The van der Waals surface area contributed by atoms with Crippen molar-refractivity contribution in [2.24, 2.45) is 5.92 Å². The Labute approximate surface area is 149 Å². The van der Waals surface area contributed by atoms with Gasteiger partial charge in [0.05, 0.1) is 5.56 Å². The predicted molar refractivity (Wildman–Crippen MR) is 99.4 cm³/mol. The normalized spacial score (nSPS) is 15.9. The molecule has 2 aromatic rings. The van der Waals surface area contributed by atoms with E-state index in [0.29, 0.717) is 12.1 Å². The van der Waals surface area contributed by atoms with Crippen LogP contribution >= 0.6 is 0 Å². The molecule has 2 N–H and O–H groups in total. The molecule has 1 heterocycles. The molecule has 3 rings (SSSR count). The number of hydrogen-bond acceptors (Lipinski definition) is 3. The minimum atomic E-state index is -0.250. The van der Waals surface area contributed by atoms with Gasteiger partial charge in [0.2, 0.25) is 0 Å². The van der Waals surface area contributed by atoms with Gasteiger partial charge in [-0.2, -0.15) is 0 Å². The van der Waals surface area contributed by atoms with Crippen LogP contribution in [0.5, 0.6) is 5.75 Å². The number of aromatic hydroxyl groups is 1. The summed E-state index contributed by atoms with van der Waals surface area (Å²) < 4.78 is 0. The number of phenols is 1. The van der Waals surface area contributed by atoms with Crippen molar-refractivity contribution < 1.29 is 9.90 Å². The van der Waals surface area contributed by atoms with Gasteiger partial charge in [-0.25, -0.2) is 0 Å². The maximum Gasteiger partial charge on any atom is 0.255 e. The smallest absolute Gasteiger partial charge is 0.255 e. The minimum Gasteiger partial charge on any atom is -0.507 e. The second-order valence-electron chi connectivity index (χ2n) is 6.93. The van der Waals surface area contributed by atoms with Gasteiger partial charge in [-0.05, 0) is 55.1 Å². The van der Waals surface area contributed by atoms with Crippen LogP contribution in [0.3, 0.4) is 0 Å². The van der Waals surface area contributed by atoms with Gasteiger partial charge in [-0.1, -0.05) is 43.3 Å². The Morgan fingerprint density at radius 2 is 1.72 bits per heavy atom. The molecular weight excluding hydrogens is 312 g/mol. The maximum atomic E-state index is 12.3. The fourth-order valence-electron chi connectivity index (χ4n) is 3.28. The van der Waals surface area contributed by atoms with E-state index in [4.69, 9.17) is 0 Å². The van der Waals surface area contributed by atoms with Crippen molar-refractivity contribution in [3.63, 3.8) is 0 Å². The van der Waals surface area contributed by atoms with E-state index in [2.05, 4.69) is 35.3 Å². The molecule has 1 aliphatic rings. The van der Waals surface area contributed by atoms with Crippen LogP contribution in [0.1, 0.15) is 41.3 Å². The fourth-order valence-corrected chi connectivity index (χ4v) is 3.28. The predicted octanol–water partition coefficient (Wildman–Crippen LogP) is 3.55. The summed E-state index contributed by atoms with van der Waals surface area (Å²) in [6.45, 7) is 5.99. The van der Waals surface area contributed by atoms with Crippen molar-refractivity contribution >= 4 is 5.91 Å². The number of carbonyl (C=O) groups excluding carboxylic acids is 1. The molecule has 4 heteroatoms. The van der Waals surface area contributed by atoms with Crippen LogP contribution in [0.4, 0.5) is 0 Å². The molecule has 1 aliphatic heterocycles. The molecule has 2 aromatic carbocycles. The highest BCUT2D eigenvalue weighted by Crippen LogP contribution is 2.20. The van der Waals surface area contributed by atoms with Gasteiger partial charge in [-0.15, -0.1) is 0 Å². The number of likely N-dealkylation sites (tertiary alicyclic amines) is 1. The van der Waals surface area contributed by atoms with Crippen molar-refractivity contribution in [3.8, 4) is 5.75 Å². The van der Waals surface area contributed by atoms with Gasteiger partial charge in [0.1, 0.15) is 5.75 Å². The summed E-state index contributed by atoms with van der Waals surface area (Å²) in [4.78, 5) is 14.8. The van der Waals surface area contributed by atoms with E-state index in [1.807, 2.05) is 6.07 Å². The summed E-state index contributed by atoms with van der Waals surface area (Å²) in [5, 5.41) is 12.7. The monoisotopic (exact) mass is 338 g/mol. The summed E-state index contributed by atoms with van der Waals surface area (Å²) in [5.74, 6) is 0.583. The summed E-state index contributed by atoms with van der Waals surface area (Å²) >= 11 is 0. The Morgan fingerprint density at radius 1 is 1.08 bits per heavy atom. The number of rotatable bonds is 5. The number of benzene rings is 2. The van der Waals surface area contributed by atoms with Gasteiger partial charge in [0.25, 0.3) is 5.91 Å². The van der Waals surface area contributed by atoms with E-state index in [0.717, 1.165) is 31.1 Å². The molecule has 0 spiro atoms. The molecule has 0 aliphatic carbocycles. The molecule has 25 heavy (non-hydrogen) atoms. The van der Waals surface area contributed by atoms with E-state index in [1.54, 1.807) is 18.2 Å². The van der Waals surface area contributed by atoms with Gasteiger partial charge in [0.15, 0.2) is 0 Å². The molecular formula is C21H26N2O2. The van der Waals surface area contributed by atoms with Gasteiger partial charge in [0, 0.05) is 13.1 Å². The number of hydrogen-bond donors (Lipinski definition) is 2. The third-order valence-electron chi connectivity index (χ3n) is 4.98. The Morgan fingerprint density at radius 3 is 2.44 bits per heavy atom. The lowest BCUT2D eigenvalue weighted by Crippen LogP contribution is -2.33. The zero-order valence-electron chi connectivity index (χ0n) is 14.7. The van der Waals surface area contributed by atoms with Crippen molar-refractivity contribution in [2.75, 3.05) is 13.1 Å². The van der Waals surface area contributed by atoms with Crippen LogP contribution in [0.2, 0.25) is 0 Å². The van der Waals surface area contributed by atoms with Gasteiger partial charge >= 0.3 is 0 Å². The topological polar surface area (TPSA) is 52.6 Å². The minimum absolute atomic E-state index is 0.00993. The lowest BCUT2D eigenvalue weighted by Gasteiger charge is -2.30. The number of carbonyl (C=O) groups is 1. The van der Waals surface area contributed by atoms with Crippen LogP contribution in [0.25, 0.3) is 0 Å². The number of nitrogens with zero attached hydrogens (tertiary/aromatic N) is 1. The average molecular weight is 338 g/mol. The van der Waals surface area contributed by atoms with Gasteiger partial charge in [-0.3, -0.25) is 9.69 Å². The van der Waals surface area contributed by atoms with E-state index in [9.17, 15) is 9.90 Å². The number of nitrogens with one attached hydrogen (secondary N) is 1. The Kier molecular flexibility index (Phi) is 5.71. The van der Waals surface area contributed by atoms with Crippen LogP contribution in [-0.4, -0.2) is 29.0 Å². The number of amides is 1. The van der Waals surface area contributed by atoms with Crippen molar-refractivity contribution in [3.05, 3.63) is 65.2 Å². The third kappa shape index (κ3) is 4.60. The van der Waals surface area contributed by atoms with Crippen LogP contribution in [-0.2, 0) is 13.1 Å². The SMILES string of the molecule is CC1CCN(Cc2ccccc2CNC(=O)c2ccccc2O)CC1. The Hall–Kier alpha value is -2.33. The molecule has 0 aromatic heterocycles. The molecule has 0 saturated carbocycles. The standard InChI is InChI=1S/C21H26N2O2/c1-16-10-12-23(13-11-16)15-18-7-3-2-6-17(18)14-22-21(25)19-8-4-5-9-20(19)24/h2-9,16,24H,10-15H2,1H3,(H,22,25). The third-order valence-corrected chi connectivity index (χ3v) is 4.98. The number of piperidine rings is 1. The molecule has 0 bridgehead atoms. The molecule has 0 unspecified atom stereocenters. The van der Waals surface area contributed by atoms with E-state index in [-0.39, 0.29) is 11.7 Å². The molecule has 1 amide bonds. The van der Waals surface area contributed by atoms with Crippen molar-refractivity contribution in [1.29, 1.82) is 0 Å². The first-order valence-corrected chi connectivity index (χ1v) is 8.99. The zero-order valence-corrected chi connectivity index (χ0v) is 14.7. The molecule has 0 atom stereocenters. The number of phenolic OH excluding ortho intramolecular Hbond substituents is 1. The highest BCUT2D eigenvalue weighted by Gasteiger charge is 2.17. The quantitative estimate of drug-likeness (QED) is 0.876. The first-order chi connectivity index (χ1) is 12.1. The Balaban J connectivity index is 1.63. The van der Waals surface area contributed by atoms with Crippen LogP contribution in [0.15, 0.2) is 48.5 Å². The molecule has 0 radical (unpaired) electrons. The highest BCUT2D eigenvalue weighted by atomic mass is 16.3. The lowest BCUT2D eigenvalue weighted by atomic mass is 9.98. The zero-order chi connectivity index (χ0) is 17.6. The van der Waals surface area contributed by atoms with E-state index >= 15 is 0 Å². The van der Waals surface area contributed by atoms with Crippen molar-refractivity contribution in [2.45, 2.75) is 32.9 Å². The first kappa shape index (κ1) is 17.5. The second kappa shape index (κ2) is 8.17. The van der Waals surface area contributed by atoms with E-state index in [1.165, 1.54) is 24.5 Å². The highest BCUT2D eigenvalue weighted by molar-refractivity contribution is 5.96. The average Bonchev–Trinajstić information content (AvgIpc) is 2.63. The van der Waals surface area contributed by atoms with Gasteiger partial charge < -0.3 is 10.4 Å². The van der Waals surface area contributed by atoms with E-state index < -0.39 is 0 Å². The lowest BCUT2D eigenvalue weighted by molar-refractivity contribution is 0.0948. The molecule has 132 valence electrons. The number of para-hydroxylation sites is 1. The maximum absolute atomic E-state index is 12.3. The molecule has 1 saturated heterocycles. The van der Waals surface area contributed by atoms with Crippen LogP contribution in [0, 0.1) is 5.92 Å². The summed E-state index contributed by atoms with van der Waals surface area (Å²) in [7, 11) is 0. The second-order valence-corrected chi connectivity index (χ2v) is 6.93. The fraction of sp³-hybridized carbons (Fsp3) is 0.381. The van der Waals surface area contributed by atoms with Crippen LogP contribution < -0.4 is 5.32 Å². The Bertz CT molecular complexity index is 721. The molecule has 4 nitrogen and oxygen atoms in total. The summed E-state index contributed by atoms with van der Waals surface area (Å²) in [6.07, 6.45) is 2.51. The molecule has 1 fully saturated rings. The van der Waals surface area contributed by atoms with Crippen molar-refractivity contribution in [1.82, 2.24) is 10.2 Å². The largest absolute Gasteiger partial charge is 0.507 e. The summed E-state index contributed by atoms with van der Waals surface area (Å²) in [6, 6.07) is 14.9.